The Labute approximate surface area is 70.8 Å². The van der Waals surface area contributed by atoms with Gasteiger partial charge in [-0.1, -0.05) is 13.8 Å². The van der Waals surface area contributed by atoms with Crippen LogP contribution in [0.5, 0.6) is 0 Å². The van der Waals surface area contributed by atoms with E-state index in [1.54, 1.807) is 0 Å². The van der Waals surface area contributed by atoms with Gasteiger partial charge in [0, 0.05) is 6.04 Å². The molecule has 0 unspecified atom stereocenters. The largest absolute Gasteiger partial charge is 0.330 e. The van der Waals surface area contributed by atoms with Gasteiger partial charge in [-0.05, 0) is 39.4 Å². The molecule has 0 aromatic carbocycles. The van der Waals surface area contributed by atoms with E-state index in [9.17, 15) is 0 Å². The van der Waals surface area contributed by atoms with Crippen LogP contribution >= 0.6 is 0 Å². The predicted octanol–water partition coefficient (Wildman–Crippen LogP) is 1.46. The quantitative estimate of drug-likeness (QED) is 0.634. The molecule has 68 valence electrons. The van der Waals surface area contributed by atoms with Gasteiger partial charge in [0.1, 0.15) is 0 Å². The summed E-state index contributed by atoms with van der Waals surface area (Å²) in [6.45, 7) is 9.84. The zero-order valence-electron chi connectivity index (χ0n) is 8.14. The van der Waals surface area contributed by atoms with Crippen molar-refractivity contribution in [2.75, 3.05) is 19.6 Å². The fourth-order valence-corrected chi connectivity index (χ4v) is 1.24. The molecule has 2 N–H and O–H groups in total. The number of nitrogens with zero attached hydrogens (tertiary/aromatic N) is 1. The highest BCUT2D eigenvalue weighted by atomic mass is 15.1. The molecule has 0 radical (unpaired) electrons. The summed E-state index contributed by atoms with van der Waals surface area (Å²) in [5.41, 5.74) is 5.45. The highest BCUT2D eigenvalue weighted by molar-refractivity contribution is 4.63. The maximum Gasteiger partial charge on any atom is 0.00641 e. The predicted molar refractivity (Wildman–Crippen MR) is 50.7 cm³/mol. The van der Waals surface area contributed by atoms with Gasteiger partial charge in [-0.25, -0.2) is 0 Å². The van der Waals surface area contributed by atoms with E-state index in [4.69, 9.17) is 5.73 Å². The fraction of sp³-hybridized carbons (Fsp3) is 1.00. The third-order valence-electron chi connectivity index (χ3n) is 2.27. The minimum Gasteiger partial charge on any atom is -0.330 e. The van der Waals surface area contributed by atoms with Crippen LogP contribution in [0.2, 0.25) is 0 Å². The SMILES string of the molecule is CC[C@@H](C)N(CC)CCCN. The Balaban J connectivity index is 3.56. The lowest BCUT2D eigenvalue weighted by atomic mass is 10.2. The molecule has 2 nitrogen and oxygen atoms in total. The second-order valence-electron chi connectivity index (χ2n) is 3.03. The van der Waals surface area contributed by atoms with E-state index >= 15 is 0 Å². The van der Waals surface area contributed by atoms with E-state index in [0.717, 1.165) is 26.1 Å². The van der Waals surface area contributed by atoms with Gasteiger partial charge in [0.15, 0.2) is 0 Å². The Hall–Kier alpha value is -0.0800. The lowest BCUT2D eigenvalue weighted by Gasteiger charge is -2.26. The van der Waals surface area contributed by atoms with Crippen molar-refractivity contribution in [2.45, 2.75) is 39.7 Å². The summed E-state index contributed by atoms with van der Waals surface area (Å²) in [4.78, 5) is 2.48. The molecule has 2 heteroatoms. The first-order chi connectivity index (χ1) is 5.26. The summed E-state index contributed by atoms with van der Waals surface area (Å²) in [5.74, 6) is 0. The topological polar surface area (TPSA) is 29.3 Å². The van der Waals surface area contributed by atoms with Gasteiger partial charge in [-0.15, -0.1) is 0 Å². The second kappa shape index (κ2) is 6.62. The van der Waals surface area contributed by atoms with Crippen LogP contribution in [0.25, 0.3) is 0 Å². The lowest BCUT2D eigenvalue weighted by molar-refractivity contribution is 0.213. The Kier molecular flexibility index (Phi) is 6.57. The smallest absolute Gasteiger partial charge is 0.00641 e. The van der Waals surface area contributed by atoms with Crippen molar-refractivity contribution in [3.8, 4) is 0 Å². The van der Waals surface area contributed by atoms with Gasteiger partial charge < -0.3 is 10.6 Å². The normalized spacial score (nSPS) is 13.9. The standard InChI is InChI=1S/C9H22N2/c1-4-9(3)11(5-2)8-6-7-10/h9H,4-8,10H2,1-3H3/t9-/m1/s1. The van der Waals surface area contributed by atoms with Crippen molar-refractivity contribution in [3.05, 3.63) is 0 Å². The van der Waals surface area contributed by atoms with Crippen molar-refractivity contribution in [1.82, 2.24) is 4.90 Å². The first-order valence-electron chi connectivity index (χ1n) is 4.70. The number of rotatable bonds is 6. The molecule has 0 aromatic rings. The van der Waals surface area contributed by atoms with Gasteiger partial charge in [0.2, 0.25) is 0 Å². The molecule has 0 aliphatic carbocycles. The molecule has 0 heterocycles. The first kappa shape index (κ1) is 10.9. The van der Waals surface area contributed by atoms with E-state index in [-0.39, 0.29) is 0 Å². The molecule has 0 fully saturated rings. The van der Waals surface area contributed by atoms with Crippen molar-refractivity contribution < 1.29 is 0 Å². The van der Waals surface area contributed by atoms with Crippen LogP contribution in [0.1, 0.15) is 33.6 Å². The molecule has 0 bridgehead atoms. The highest BCUT2D eigenvalue weighted by Gasteiger charge is 2.07. The molecule has 0 rings (SSSR count). The van der Waals surface area contributed by atoms with Crippen molar-refractivity contribution in [2.24, 2.45) is 5.73 Å². The van der Waals surface area contributed by atoms with Crippen molar-refractivity contribution >= 4 is 0 Å². The van der Waals surface area contributed by atoms with Crippen molar-refractivity contribution in [3.63, 3.8) is 0 Å². The zero-order chi connectivity index (χ0) is 8.69. The van der Waals surface area contributed by atoms with Crippen LogP contribution in [-0.4, -0.2) is 30.6 Å². The summed E-state index contributed by atoms with van der Waals surface area (Å²) >= 11 is 0. The molecule has 0 aromatic heterocycles. The Morgan fingerprint density at radius 2 is 2.00 bits per heavy atom. The molecule has 0 aliphatic heterocycles. The van der Waals surface area contributed by atoms with Gasteiger partial charge in [0.25, 0.3) is 0 Å². The fourth-order valence-electron chi connectivity index (χ4n) is 1.24. The lowest BCUT2D eigenvalue weighted by Crippen LogP contribution is -2.34. The molecule has 0 saturated carbocycles. The molecule has 11 heavy (non-hydrogen) atoms. The van der Waals surface area contributed by atoms with Crippen LogP contribution in [0.15, 0.2) is 0 Å². The van der Waals surface area contributed by atoms with Crippen LogP contribution in [0, 0.1) is 0 Å². The summed E-state index contributed by atoms with van der Waals surface area (Å²) < 4.78 is 0. The molecule has 0 saturated heterocycles. The molecule has 1 atom stereocenters. The summed E-state index contributed by atoms with van der Waals surface area (Å²) in [6, 6.07) is 0.714. The summed E-state index contributed by atoms with van der Waals surface area (Å²) in [7, 11) is 0. The Bertz CT molecular complexity index is 83.6. The third kappa shape index (κ3) is 4.38. The van der Waals surface area contributed by atoms with E-state index in [2.05, 4.69) is 25.7 Å². The van der Waals surface area contributed by atoms with Gasteiger partial charge in [-0.2, -0.15) is 0 Å². The first-order valence-corrected chi connectivity index (χ1v) is 4.70. The maximum atomic E-state index is 5.45. The molecular weight excluding hydrogens is 136 g/mol. The average molecular weight is 158 g/mol. The van der Waals surface area contributed by atoms with Gasteiger partial charge in [0.05, 0.1) is 0 Å². The molecule has 0 spiro atoms. The third-order valence-corrected chi connectivity index (χ3v) is 2.27. The van der Waals surface area contributed by atoms with Crippen molar-refractivity contribution in [1.29, 1.82) is 0 Å². The monoisotopic (exact) mass is 158 g/mol. The Morgan fingerprint density at radius 3 is 2.36 bits per heavy atom. The summed E-state index contributed by atoms with van der Waals surface area (Å²) in [5, 5.41) is 0. The molecular formula is C9H22N2. The number of hydrogen-bond donors (Lipinski definition) is 1. The Morgan fingerprint density at radius 1 is 1.36 bits per heavy atom. The van der Waals surface area contributed by atoms with E-state index in [1.165, 1.54) is 6.42 Å². The maximum absolute atomic E-state index is 5.45. The van der Waals surface area contributed by atoms with Gasteiger partial charge >= 0.3 is 0 Å². The number of hydrogen-bond acceptors (Lipinski definition) is 2. The van der Waals surface area contributed by atoms with Crippen LogP contribution in [0.4, 0.5) is 0 Å². The minimum atomic E-state index is 0.714. The average Bonchev–Trinajstić information content (AvgIpc) is 2.05. The van der Waals surface area contributed by atoms with Crippen LogP contribution in [0.3, 0.4) is 0 Å². The van der Waals surface area contributed by atoms with Crippen LogP contribution < -0.4 is 5.73 Å². The number of nitrogens with two attached hydrogens (primary N) is 1. The van der Waals surface area contributed by atoms with E-state index < -0.39 is 0 Å². The highest BCUT2D eigenvalue weighted by Crippen LogP contribution is 2.02. The zero-order valence-corrected chi connectivity index (χ0v) is 8.14. The van der Waals surface area contributed by atoms with E-state index in [0.29, 0.717) is 6.04 Å². The minimum absolute atomic E-state index is 0.714. The van der Waals surface area contributed by atoms with Gasteiger partial charge in [-0.3, -0.25) is 0 Å². The van der Waals surface area contributed by atoms with E-state index in [1.807, 2.05) is 0 Å². The molecule has 0 amide bonds. The second-order valence-corrected chi connectivity index (χ2v) is 3.03. The summed E-state index contributed by atoms with van der Waals surface area (Å²) in [6.07, 6.45) is 2.36. The molecule has 0 aliphatic rings. The van der Waals surface area contributed by atoms with Crippen LogP contribution in [-0.2, 0) is 0 Å².